The zero-order valence-electron chi connectivity index (χ0n) is 17.7. The highest BCUT2D eigenvalue weighted by Crippen LogP contribution is 2.31. The van der Waals surface area contributed by atoms with Crippen molar-refractivity contribution in [2.75, 3.05) is 19.0 Å². The predicted octanol–water partition coefficient (Wildman–Crippen LogP) is 4.12. The molecule has 7 nitrogen and oxygen atoms in total. The topological polar surface area (TPSA) is 64.1 Å². The van der Waals surface area contributed by atoms with Gasteiger partial charge >= 0.3 is 0 Å². The van der Waals surface area contributed by atoms with Crippen molar-refractivity contribution in [3.8, 4) is 17.2 Å². The van der Waals surface area contributed by atoms with Gasteiger partial charge in [-0.25, -0.2) is 19.5 Å². The summed E-state index contributed by atoms with van der Waals surface area (Å²) in [6.45, 7) is 6.27. The smallest absolute Gasteiger partial charge is 0.182 e. The van der Waals surface area contributed by atoms with Gasteiger partial charge in [0, 0.05) is 37.2 Å². The number of hydrogen-bond acceptors (Lipinski definition) is 5. The van der Waals surface area contributed by atoms with Gasteiger partial charge in [0.2, 0.25) is 0 Å². The fourth-order valence-electron chi connectivity index (χ4n) is 3.86. The van der Waals surface area contributed by atoms with Crippen LogP contribution in [0.4, 0.5) is 5.69 Å². The zero-order chi connectivity index (χ0) is 21.0. The molecule has 4 heterocycles. The van der Waals surface area contributed by atoms with Crippen LogP contribution in [0.25, 0.3) is 33.9 Å². The van der Waals surface area contributed by atoms with Crippen LogP contribution < -0.4 is 4.90 Å². The maximum Gasteiger partial charge on any atom is 0.182 e. The van der Waals surface area contributed by atoms with E-state index in [4.69, 9.17) is 9.97 Å². The molecule has 0 amide bonds. The number of anilines is 1. The monoisotopic (exact) mass is 397 g/mol. The first-order chi connectivity index (χ1) is 14.5. The van der Waals surface area contributed by atoms with E-state index in [2.05, 4.69) is 70.7 Å². The van der Waals surface area contributed by atoms with E-state index in [1.54, 1.807) is 10.8 Å². The summed E-state index contributed by atoms with van der Waals surface area (Å²) in [5, 5.41) is 5.69. The van der Waals surface area contributed by atoms with Crippen molar-refractivity contribution in [2.24, 2.45) is 0 Å². The summed E-state index contributed by atoms with van der Waals surface area (Å²) in [5.41, 5.74) is 7.11. The van der Waals surface area contributed by atoms with Crippen LogP contribution in [0.15, 0.2) is 48.9 Å². The van der Waals surface area contributed by atoms with Crippen LogP contribution in [0.2, 0.25) is 0 Å². The second-order valence-electron chi connectivity index (χ2n) is 7.78. The molecule has 150 valence electrons. The van der Waals surface area contributed by atoms with E-state index in [-0.39, 0.29) is 0 Å². The molecule has 0 atom stereocenters. The standard InChI is InChI=1S/C23H23N7/c1-14-7-6-12-24-21(14)30-16(3)15(2)19-22(30)25-13-29-23(19)26-20(27-29)17-8-10-18(11-9-17)28(4)5/h6-13H,1-5H3. The molecule has 4 aromatic heterocycles. The molecular weight excluding hydrogens is 374 g/mol. The van der Waals surface area contributed by atoms with Crippen molar-refractivity contribution in [1.29, 1.82) is 0 Å². The minimum absolute atomic E-state index is 0.688. The van der Waals surface area contributed by atoms with Crippen molar-refractivity contribution >= 4 is 22.4 Å². The molecule has 0 radical (unpaired) electrons. The van der Waals surface area contributed by atoms with Gasteiger partial charge < -0.3 is 4.90 Å². The number of rotatable bonds is 3. The molecule has 7 heteroatoms. The molecular formula is C23H23N7. The van der Waals surface area contributed by atoms with Crippen molar-refractivity contribution in [2.45, 2.75) is 20.8 Å². The molecule has 5 rings (SSSR count). The first kappa shape index (κ1) is 18.3. The maximum atomic E-state index is 4.88. The lowest BCUT2D eigenvalue weighted by atomic mass is 10.2. The van der Waals surface area contributed by atoms with E-state index < -0.39 is 0 Å². The van der Waals surface area contributed by atoms with Crippen LogP contribution in [-0.2, 0) is 0 Å². The van der Waals surface area contributed by atoms with E-state index in [1.165, 1.54) is 0 Å². The third-order valence-corrected chi connectivity index (χ3v) is 5.67. The van der Waals surface area contributed by atoms with Crippen molar-refractivity contribution in [3.05, 3.63) is 65.7 Å². The Kier molecular flexibility index (Phi) is 4.06. The highest BCUT2D eigenvalue weighted by atomic mass is 15.3. The molecule has 0 aliphatic rings. The van der Waals surface area contributed by atoms with E-state index in [1.807, 2.05) is 26.4 Å². The SMILES string of the molecule is Cc1cccnc1-n1c(C)c(C)c2c1ncn1nc(-c3ccc(N(C)C)cc3)nc21. The Balaban J connectivity index is 1.73. The number of hydrogen-bond donors (Lipinski definition) is 0. The van der Waals surface area contributed by atoms with E-state index in [9.17, 15) is 0 Å². The summed E-state index contributed by atoms with van der Waals surface area (Å²) in [6, 6.07) is 12.3. The van der Waals surface area contributed by atoms with Gasteiger partial charge in [-0.15, -0.1) is 5.10 Å². The van der Waals surface area contributed by atoms with Crippen LogP contribution in [0.3, 0.4) is 0 Å². The van der Waals surface area contributed by atoms with Gasteiger partial charge in [-0.3, -0.25) is 4.57 Å². The lowest BCUT2D eigenvalue weighted by molar-refractivity contribution is 0.915. The van der Waals surface area contributed by atoms with E-state index in [0.29, 0.717) is 5.82 Å². The fraction of sp³-hybridized carbons (Fsp3) is 0.217. The molecule has 30 heavy (non-hydrogen) atoms. The Morgan fingerprint density at radius 2 is 1.67 bits per heavy atom. The average Bonchev–Trinajstić information content (AvgIpc) is 3.28. The number of benzene rings is 1. The van der Waals surface area contributed by atoms with Crippen LogP contribution >= 0.6 is 0 Å². The number of aromatic nitrogens is 6. The second kappa shape index (κ2) is 6.66. The highest BCUT2D eigenvalue weighted by molar-refractivity contribution is 5.95. The minimum atomic E-state index is 0.688. The number of pyridine rings is 1. The van der Waals surface area contributed by atoms with Gasteiger partial charge in [-0.2, -0.15) is 0 Å². The van der Waals surface area contributed by atoms with Gasteiger partial charge in [0.15, 0.2) is 17.1 Å². The molecule has 0 unspecified atom stereocenters. The van der Waals surface area contributed by atoms with Crippen molar-refractivity contribution in [3.63, 3.8) is 0 Å². The summed E-state index contributed by atoms with van der Waals surface area (Å²) in [7, 11) is 4.05. The average molecular weight is 397 g/mol. The molecule has 1 aromatic carbocycles. The molecule has 0 saturated heterocycles. The largest absolute Gasteiger partial charge is 0.378 e. The number of nitrogens with zero attached hydrogens (tertiary/aromatic N) is 7. The van der Waals surface area contributed by atoms with Crippen LogP contribution in [0.5, 0.6) is 0 Å². The van der Waals surface area contributed by atoms with Gasteiger partial charge in [0.1, 0.15) is 12.1 Å². The summed E-state index contributed by atoms with van der Waals surface area (Å²) in [5.74, 6) is 1.58. The van der Waals surface area contributed by atoms with Gasteiger partial charge in [-0.1, -0.05) is 6.07 Å². The number of fused-ring (bicyclic) bond motifs is 3. The Hall–Kier alpha value is -3.74. The van der Waals surface area contributed by atoms with Gasteiger partial charge in [0.05, 0.1) is 5.39 Å². The second-order valence-corrected chi connectivity index (χ2v) is 7.78. The minimum Gasteiger partial charge on any atom is -0.378 e. The molecule has 0 saturated carbocycles. The summed E-state index contributed by atoms with van der Waals surface area (Å²) in [4.78, 5) is 16.3. The molecule has 0 spiro atoms. The third kappa shape index (κ3) is 2.66. The van der Waals surface area contributed by atoms with Crippen molar-refractivity contribution < 1.29 is 0 Å². The fourth-order valence-corrected chi connectivity index (χ4v) is 3.86. The Morgan fingerprint density at radius 1 is 0.900 bits per heavy atom. The predicted molar refractivity (Wildman–Crippen MR) is 119 cm³/mol. The maximum absolute atomic E-state index is 4.88. The number of aryl methyl sites for hydroxylation is 2. The Bertz CT molecular complexity index is 1390. The Labute approximate surface area is 174 Å². The summed E-state index contributed by atoms with van der Waals surface area (Å²) < 4.78 is 3.87. The molecule has 0 fully saturated rings. The third-order valence-electron chi connectivity index (χ3n) is 5.67. The first-order valence-electron chi connectivity index (χ1n) is 9.88. The van der Waals surface area contributed by atoms with E-state index >= 15 is 0 Å². The molecule has 0 bridgehead atoms. The van der Waals surface area contributed by atoms with Gasteiger partial charge in [0.25, 0.3) is 0 Å². The van der Waals surface area contributed by atoms with Crippen LogP contribution in [-0.4, -0.2) is 43.2 Å². The summed E-state index contributed by atoms with van der Waals surface area (Å²) >= 11 is 0. The lowest BCUT2D eigenvalue weighted by Crippen LogP contribution is -2.07. The molecule has 0 aliphatic carbocycles. The van der Waals surface area contributed by atoms with Crippen molar-refractivity contribution in [1.82, 2.24) is 29.1 Å². The summed E-state index contributed by atoms with van der Waals surface area (Å²) in [6.07, 6.45) is 3.55. The molecule has 0 N–H and O–H groups in total. The van der Waals surface area contributed by atoms with Crippen LogP contribution in [0, 0.1) is 20.8 Å². The lowest BCUT2D eigenvalue weighted by Gasteiger charge is -2.11. The zero-order valence-corrected chi connectivity index (χ0v) is 17.7. The first-order valence-corrected chi connectivity index (χ1v) is 9.88. The van der Waals surface area contributed by atoms with Crippen LogP contribution in [0.1, 0.15) is 16.8 Å². The molecule has 5 aromatic rings. The normalized spacial score (nSPS) is 11.5. The Morgan fingerprint density at radius 3 is 2.37 bits per heavy atom. The molecule has 0 aliphatic heterocycles. The highest BCUT2D eigenvalue weighted by Gasteiger charge is 2.20. The van der Waals surface area contributed by atoms with E-state index in [0.717, 1.165) is 50.6 Å². The van der Waals surface area contributed by atoms with Gasteiger partial charge in [-0.05, 0) is 62.2 Å². The quantitative estimate of drug-likeness (QED) is 0.458.